The highest BCUT2D eigenvalue weighted by Gasteiger charge is 2.42. The van der Waals surface area contributed by atoms with Crippen LogP contribution in [0.25, 0.3) is 5.69 Å². The monoisotopic (exact) mass is 482 g/mol. The Morgan fingerprint density at radius 3 is 2.49 bits per heavy atom. The van der Waals surface area contributed by atoms with E-state index >= 15 is 0 Å². The zero-order valence-corrected chi connectivity index (χ0v) is 20.6. The van der Waals surface area contributed by atoms with Crippen molar-refractivity contribution >= 4 is 29.0 Å². The van der Waals surface area contributed by atoms with Crippen molar-refractivity contribution in [2.75, 3.05) is 4.90 Å². The number of rotatable bonds is 5. The molecule has 0 saturated carbocycles. The summed E-state index contributed by atoms with van der Waals surface area (Å²) >= 11 is 5.85. The minimum Gasteiger partial charge on any atom is -0.478 e. The summed E-state index contributed by atoms with van der Waals surface area (Å²) in [5, 5.41) is 13.9. The summed E-state index contributed by atoms with van der Waals surface area (Å²) in [7, 11) is 0. The average Bonchev–Trinajstić information content (AvgIpc) is 3.34. The molecule has 1 aliphatic rings. The number of aromatic carboxylic acids is 1. The lowest BCUT2D eigenvalue weighted by atomic mass is 9.96. The average molecular weight is 483 g/mol. The molecule has 1 fully saturated rings. The van der Waals surface area contributed by atoms with Gasteiger partial charge in [-0.1, -0.05) is 30.3 Å². The van der Waals surface area contributed by atoms with E-state index in [2.05, 4.69) is 46.4 Å². The number of anilines is 1. The third kappa shape index (κ3) is 3.98. The Hall–Kier alpha value is -3.97. The van der Waals surface area contributed by atoms with Crippen molar-refractivity contribution in [3.05, 3.63) is 113 Å². The van der Waals surface area contributed by atoms with Gasteiger partial charge in [-0.25, -0.2) is 4.79 Å². The summed E-state index contributed by atoms with van der Waals surface area (Å²) in [6, 6.07) is 23.1. The first-order valence-corrected chi connectivity index (χ1v) is 11.9. The van der Waals surface area contributed by atoms with Crippen molar-refractivity contribution in [1.82, 2.24) is 14.9 Å². The molecule has 1 saturated heterocycles. The van der Waals surface area contributed by atoms with Gasteiger partial charge < -0.3 is 19.9 Å². The number of carboxylic acids is 1. The quantitative estimate of drug-likeness (QED) is 0.357. The number of carboxylic acid groups (broad SMARTS) is 1. The van der Waals surface area contributed by atoms with Crippen LogP contribution in [-0.2, 0) is 0 Å². The molecule has 7 heteroatoms. The molecule has 3 heterocycles. The fourth-order valence-corrected chi connectivity index (χ4v) is 5.38. The molecule has 2 aromatic heterocycles. The van der Waals surface area contributed by atoms with E-state index in [0.29, 0.717) is 10.8 Å². The number of aryl methyl sites for hydroxylation is 2. The summed E-state index contributed by atoms with van der Waals surface area (Å²) < 4.78 is 2.02. The second-order valence-electron chi connectivity index (χ2n) is 8.82. The number of hydrogen-bond acceptors (Lipinski definition) is 3. The Balaban J connectivity index is 1.71. The number of benzene rings is 2. The van der Waals surface area contributed by atoms with Crippen LogP contribution in [0.3, 0.4) is 0 Å². The number of para-hydroxylation sites is 1. The summed E-state index contributed by atoms with van der Waals surface area (Å²) in [6.45, 7) is 6.10. The summed E-state index contributed by atoms with van der Waals surface area (Å²) in [4.78, 5) is 18.8. The van der Waals surface area contributed by atoms with Crippen LogP contribution in [0.5, 0.6) is 0 Å². The van der Waals surface area contributed by atoms with Gasteiger partial charge in [-0.3, -0.25) is 4.98 Å². The maximum Gasteiger partial charge on any atom is 0.337 e. The predicted molar refractivity (Wildman–Crippen MR) is 141 cm³/mol. The van der Waals surface area contributed by atoms with Crippen LogP contribution in [0, 0.1) is 20.8 Å². The van der Waals surface area contributed by atoms with Crippen LogP contribution >= 0.6 is 12.2 Å². The van der Waals surface area contributed by atoms with Crippen LogP contribution in [0.4, 0.5) is 5.69 Å². The van der Waals surface area contributed by atoms with Gasteiger partial charge >= 0.3 is 5.97 Å². The van der Waals surface area contributed by atoms with Crippen molar-refractivity contribution in [2.24, 2.45) is 0 Å². The Kier molecular flexibility index (Phi) is 5.86. The first-order valence-electron chi connectivity index (χ1n) is 11.5. The maximum absolute atomic E-state index is 12.0. The van der Waals surface area contributed by atoms with E-state index in [1.807, 2.05) is 54.8 Å². The van der Waals surface area contributed by atoms with E-state index in [1.165, 1.54) is 0 Å². The third-order valence-electron chi connectivity index (χ3n) is 6.54. The molecule has 0 bridgehead atoms. The van der Waals surface area contributed by atoms with Crippen molar-refractivity contribution in [3.8, 4) is 5.69 Å². The summed E-state index contributed by atoms with van der Waals surface area (Å²) in [5.41, 5.74) is 6.93. The smallest absolute Gasteiger partial charge is 0.337 e. The highest BCUT2D eigenvalue weighted by Crippen LogP contribution is 2.44. The van der Waals surface area contributed by atoms with Gasteiger partial charge in [0.15, 0.2) is 5.11 Å². The number of nitrogens with zero attached hydrogens (tertiary/aromatic N) is 3. The Morgan fingerprint density at radius 2 is 1.77 bits per heavy atom. The van der Waals surface area contributed by atoms with Gasteiger partial charge in [0.1, 0.15) is 0 Å². The van der Waals surface area contributed by atoms with E-state index in [0.717, 1.165) is 33.9 Å². The zero-order chi connectivity index (χ0) is 24.7. The number of aromatic nitrogens is 2. The van der Waals surface area contributed by atoms with E-state index in [4.69, 9.17) is 12.2 Å². The molecule has 4 aromatic rings. The predicted octanol–water partition coefficient (Wildman–Crippen LogP) is 5.67. The Morgan fingerprint density at radius 1 is 1.00 bits per heavy atom. The molecular weight excluding hydrogens is 456 g/mol. The van der Waals surface area contributed by atoms with Gasteiger partial charge in [0.2, 0.25) is 0 Å². The first kappa shape index (κ1) is 22.8. The zero-order valence-electron chi connectivity index (χ0n) is 19.8. The van der Waals surface area contributed by atoms with Gasteiger partial charge in [0.25, 0.3) is 0 Å². The molecule has 5 rings (SSSR count). The molecule has 2 N–H and O–H groups in total. The lowest BCUT2D eigenvalue weighted by molar-refractivity contribution is 0.0697. The molecular formula is C28H26N4O2S. The normalized spacial score (nSPS) is 17.5. The molecule has 0 aliphatic carbocycles. The maximum atomic E-state index is 12.0. The standard InChI is InChI=1S/C28H26N4O2S/c1-17-9-8-10-20(15-17)32-26(25(30-28(32)35)23-12-6-7-14-29-23)22-16-18(2)31(19(22)3)24-13-5-4-11-21(24)27(33)34/h4-16,25-26H,1-3H3,(H,30,35)(H,33,34)/t25-,26-/m1/s1. The SMILES string of the molecule is Cc1cccc(N2C(=S)N[C@H](c3ccccn3)[C@H]2c2cc(C)n(-c3ccccc3C(=O)O)c2C)c1. The summed E-state index contributed by atoms with van der Waals surface area (Å²) in [5.74, 6) is -0.953. The Bertz CT molecular complexity index is 1430. The molecule has 0 amide bonds. The van der Waals surface area contributed by atoms with Gasteiger partial charge in [0.05, 0.1) is 29.0 Å². The minimum atomic E-state index is -0.953. The molecule has 0 spiro atoms. The lowest BCUT2D eigenvalue weighted by Crippen LogP contribution is -2.29. The lowest BCUT2D eigenvalue weighted by Gasteiger charge is -2.28. The fourth-order valence-electron chi connectivity index (χ4n) is 5.03. The van der Waals surface area contributed by atoms with Crippen molar-refractivity contribution in [1.29, 1.82) is 0 Å². The van der Waals surface area contributed by atoms with Crippen LogP contribution in [0.2, 0.25) is 0 Å². The minimum absolute atomic E-state index is 0.170. The Labute approximate surface area is 209 Å². The van der Waals surface area contributed by atoms with Crippen LogP contribution in [-0.4, -0.2) is 25.7 Å². The van der Waals surface area contributed by atoms with Gasteiger partial charge in [0, 0.05) is 23.3 Å². The number of pyridine rings is 1. The highest BCUT2D eigenvalue weighted by atomic mass is 32.1. The molecule has 0 unspecified atom stereocenters. The fraction of sp³-hybridized carbons (Fsp3) is 0.179. The highest BCUT2D eigenvalue weighted by molar-refractivity contribution is 7.80. The van der Waals surface area contributed by atoms with Crippen LogP contribution in [0.1, 0.15) is 50.7 Å². The molecule has 176 valence electrons. The van der Waals surface area contributed by atoms with Gasteiger partial charge in [-0.2, -0.15) is 0 Å². The largest absolute Gasteiger partial charge is 0.478 e. The van der Waals surface area contributed by atoms with E-state index < -0.39 is 5.97 Å². The second-order valence-corrected chi connectivity index (χ2v) is 9.21. The van der Waals surface area contributed by atoms with Crippen LogP contribution < -0.4 is 10.2 Å². The number of hydrogen-bond donors (Lipinski definition) is 2. The van der Waals surface area contributed by atoms with E-state index in [1.54, 1.807) is 18.3 Å². The first-order chi connectivity index (χ1) is 16.9. The molecule has 0 radical (unpaired) electrons. The van der Waals surface area contributed by atoms with Crippen LogP contribution in [0.15, 0.2) is 79.0 Å². The molecule has 2 aromatic carbocycles. The molecule has 1 aliphatic heterocycles. The van der Waals surface area contributed by atoms with Crippen molar-refractivity contribution in [3.63, 3.8) is 0 Å². The molecule has 35 heavy (non-hydrogen) atoms. The van der Waals surface area contributed by atoms with Gasteiger partial charge in [-0.15, -0.1) is 0 Å². The number of nitrogens with one attached hydrogen (secondary N) is 1. The van der Waals surface area contributed by atoms with E-state index in [9.17, 15) is 9.90 Å². The molecule has 2 atom stereocenters. The number of carbonyl (C=O) groups is 1. The van der Waals surface area contributed by atoms with Gasteiger partial charge in [-0.05, 0) is 86.6 Å². The second kappa shape index (κ2) is 9.00. The van der Waals surface area contributed by atoms with E-state index in [-0.39, 0.29) is 17.6 Å². The number of thiocarbonyl (C=S) groups is 1. The van der Waals surface area contributed by atoms with Crippen molar-refractivity contribution < 1.29 is 9.90 Å². The molecule has 6 nitrogen and oxygen atoms in total. The summed E-state index contributed by atoms with van der Waals surface area (Å²) in [6.07, 6.45) is 1.79. The van der Waals surface area contributed by atoms with Crippen molar-refractivity contribution in [2.45, 2.75) is 32.9 Å². The third-order valence-corrected chi connectivity index (χ3v) is 6.86. The topological polar surface area (TPSA) is 70.4 Å².